The number of aryl methyl sites for hydroxylation is 2. The van der Waals surface area contributed by atoms with Crippen LogP contribution in [0.4, 0.5) is 0 Å². The summed E-state index contributed by atoms with van der Waals surface area (Å²) in [5.74, 6) is 0.649. The number of methoxy groups -OCH3 is 1. The van der Waals surface area contributed by atoms with Gasteiger partial charge in [-0.3, -0.25) is 9.59 Å². The third-order valence-electron chi connectivity index (χ3n) is 3.05. The van der Waals surface area contributed by atoms with Crippen LogP contribution in [0.25, 0.3) is 5.69 Å². The number of rotatable bonds is 5. The average Bonchev–Trinajstić information content (AvgIpc) is 2.46. The molecule has 0 fully saturated rings. The molecule has 21 heavy (non-hydrogen) atoms. The van der Waals surface area contributed by atoms with Crippen molar-refractivity contribution in [1.29, 1.82) is 0 Å². The second kappa shape index (κ2) is 6.54. The molecule has 2 aromatic rings. The zero-order valence-electron chi connectivity index (χ0n) is 11.8. The zero-order valence-corrected chi connectivity index (χ0v) is 12.6. The Kier molecular flexibility index (Phi) is 4.75. The first kappa shape index (κ1) is 15.3. The highest BCUT2D eigenvalue weighted by molar-refractivity contribution is 6.63. The summed E-state index contributed by atoms with van der Waals surface area (Å²) in [6.45, 7) is 1.79. The number of nitrogens with zero attached hydrogens (tertiary/aromatic N) is 2. The van der Waals surface area contributed by atoms with Crippen LogP contribution >= 0.6 is 11.6 Å². The molecule has 1 aromatic heterocycles. The van der Waals surface area contributed by atoms with Crippen molar-refractivity contribution in [1.82, 2.24) is 9.78 Å². The Morgan fingerprint density at radius 1 is 1.38 bits per heavy atom. The summed E-state index contributed by atoms with van der Waals surface area (Å²) in [5, 5.41) is 3.85. The molecule has 0 aliphatic heterocycles. The largest absolute Gasteiger partial charge is 0.494 e. The quantitative estimate of drug-likeness (QED) is 0.795. The number of para-hydroxylation sites is 2. The summed E-state index contributed by atoms with van der Waals surface area (Å²) in [6, 6.07) is 8.87. The van der Waals surface area contributed by atoms with Gasteiger partial charge in [-0.1, -0.05) is 12.1 Å². The Hall–Kier alpha value is -2.14. The van der Waals surface area contributed by atoms with E-state index in [9.17, 15) is 9.59 Å². The fourth-order valence-corrected chi connectivity index (χ4v) is 2.12. The zero-order chi connectivity index (χ0) is 15.4. The van der Waals surface area contributed by atoms with Gasteiger partial charge in [0, 0.05) is 24.6 Å². The lowest BCUT2D eigenvalue weighted by Gasteiger charge is -2.14. The predicted octanol–water partition coefficient (Wildman–Crippen LogP) is 2.25. The van der Waals surface area contributed by atoms with E-state index in [2.05, 4.69) is 5.10 Å². The van der Waals surface area contributed by atoms with Crippen LogP contribution in [0.3, 0.4) is 0 Å². The van der Waals surface area contributed by atoms with Gasteiger partial charge in [-0.2, -0.15) is 5.10 Å². The van der Waals surface area contributed by atoms with Gasteiger partial charge in [-0.05, 0) is 30.7 Å². The molecule has 0 spiro atoms. The molecular formula is C15H15ClN2O3. The fourth-order valence-electron chi connectivity index (χ4n) is 2.02. The van der Waals surface area contributed by atoms with E-state index >= 15 is 0 Å². The first-order valence-electron chi connectivity index (χ1n) is 6.44. The van der Waals surface area contributed by atoms with Crippen LogP contribution in [-0.4, -0.2) is 22.1 Å². The summed E-state index contributed by atoms with van der Waals surface area (Å²) < 4.78 is 6.94. The first-order chi connectivity index (χ1) is 10.0. The van der Waals surface area contributed by atoms with Crippen LogP contribution in [0.15, 0.2) is 35.1 Å². The molecule has 0 bridgehead atoms. The third kappa shape index (κ3) is 3.49. The molecule has 5 nitrogen and oxygen atoms in total. The minimum atomic E-state index is -0.486. The second-order valence-corrected chi connectivity index (χ2v) is 4.96. The summed E-state index contributed by atoms with van der Waals surface area (Å²) in [5.41, 5.74) is 1.53. The molecule has 0 unspecified atom stereocenters. The number of ether oxygens (including phenoxy) is 1. The Morgan fingerprint density at radius 2 is 2.10 bits per heavy atom. The number of aromatic nitrogens is 2. The smallest absolute Gasteiger partial charge is 0.222 e. The topological polar surface area (TPSA) is 61.2 Å². The van der Waals surface area contributed by atoms with Crippen LogP contribution < -0.4 is 10.2 Å². The van der Waals surface area contributed by atoms with Crippen LogP contribution in [0.2, 0.25) is 0 Å². The molecular weight excluding hydrogens is 292 g/mol. The van der Waals surface area contributed by atoms with E-state index in [4.69, 9.17) is 16.3 Å². The molecule has 0 aliphatic carbocycles. The van der Waals surface area contributed by atoms with Gasteiger partial charge in [0.15, 0.2) is 0 Å². The van der Waals surface area contributed by atoms with Crippen molar-refractivity contribution < 1.29 is 9.53 Å². The highest BCUT2D eigenvalue weighted by Gasteiger charge is 2.11. The number of carbonyl (C=O) groups excluding carboxylic acids is 1. The lowest BCUT2D eigenvalue weighted by atomic mass is 10.2. The number of halogens is 1. The van der Waals surface area contributed by atoms with Gasteiger partial charge in [0.1, 0.15) is 17.1 Å². The van der Waals surface area contributed by atoms with Gasteiger partial charge in [0.05, 0.1) is 7.11 Å². The summed E-state index contributed by atoms with van der Waals surface area (Å²) in [7, 11) is 1.57. The summed E-state index contributed by atoms with van der Waals surface area (Å²) in [4.78, 5) is 22.8. The van der Waals surface area contributed by atoms with Gasteiger partial charge >= 0.3 is 0 Å². The van der Waals surface area contributed by atoms with Crippen LogP contribution in [-0.2, 0) is 11.2 Å². The van der Waals surface area contributed by atoms with Crippen molar-refractivity contribution in [2.45, 2.75) is 19.8 Å². The molecule has 0 atom stereocenters. The molecule has 0 saturated carbocycles. The van der Waals surface area contributed by atoms with Crippen molar-refractivity contribution in [2.24, 2.45) is 0 Å². The molecule has 110 valence electrons. The van der Waals surface area contributed by atoms with E-state index in [-0.39, 0.29) is 18.3 Å². The molecule has 0 amide bonds. The van der Waals surface area contributed by atoms with Gasteiger partial charge in [-0.15, -0.1) is 0 Å². The molecule has 0 saturated heterocycles. The van der Waals surface area contributed by atoms with Gasteiger partial charge in [0.25, 0.3) is 0 Å². The highest BCUT2D eigenvalue weighted by atomic mass is 35.5. The molecule has 2 rings (SSSR count). The minimum absolute atomic E-state index is 0.0821. The normalized spacial score (nSPS) is 10.4. The molecule has 1 heterocycles. The average molecular weight is 307 g/mol. The predicted molar refractivity (Wildman–Crippen MR) is 80.3 cm³/mol. The number of hydrogen-bond acceptors (Lipinski definition) is 4. The number of hydrogen-bond donors (Lipinski definition) is 0. The monoisotopic (exact) mass is 306 g/mol. The van der Waals surface area contributed by atoms with Crippen molar-refractivity contribution in [3.63, 3.8) is 0 Å². The highest BCUT2D eigenvalue weighted by Crippen LogP contribution is 2.22. The van der Waals surface area contributed by atoms with Crippen LogP contribution in [0.1, 0.15) is 17.8 Å². The van der Waals surface area contributed by atoms with Crippen molar-refractivity contribution in [3.8, 4) is 11.4 Å². The lowest BCUT2D eigenvalue weighted by Crippen LogP contribution is -2.19. The Bertz CT molecular complexity index is 725. The Morgan fingerprint density at radius 3 is 2.76 bits per heavy atom. The number of carbonyl (C=O) groups is 1. The van der Waals surface area contributed by atoms with Gasteiger partial charge in [-0.25, -0.2) is 4.68 Å². The van der Waals surface area contributed by atoms with E-state index in [1.165, 1.54) is 6.07 Å². The van der Waals surface area contributed by atoms with Crippen LogP contribution in [0, 0.1) is 6.92 Å². The van der Waals surface area contributed by atoms with E-state index in [1.807, 2.05) is 24.3 Å². The summed E-state index contributed by atoms with van der Waals surface area (Å²) >= 11 is 5.32. The Balaban J connectivity index is 2.51. The molecule has 6 heteroatoms. The second-order valence-electron chi connectivity index (χ2n) is 4.54. The Labute approximate surface area is 127 Å². The van der Waals surface area contributed by atoms with Crippen molar-refractivity contribution in [2.75, 3.05) is 7.11 Å². The molecule has 0 aliphatic rings. The maximum absolute atomic E-state index is 11.9. The van der Waals surface area contributed by atoms with E-state index in [0.717, 1.165) is 5.69 Å². The maximum Gasteiger partial charge on any atom is 0.222 e. The van der Waals surface area contributed by atoms with Crippen molar-refractivity contribution >= 4 is 16.8 Å². The standard InChI is InChI=1S/C15H15ClN2O3/c1-10-9-13(19)11(7-8-15(16)20)17-18(10)12-5-3-4-6-14(12)21-2/h3-6,9H,7-8H2,1-2H3. The van der Waals surface area contributed by atoms with E-state index < -0.39 is 5.24 Å². The van der Waals surface area contributed by atoms with Gasteiger partial charge in [0.2, 0.25) is 10.7 Å². The first-order valence-corrected chi connectivity index (χ1v) is 6.82. The number of benzene rings is 1. The molecule has 0 radical (unpaired) electrons. The SMILES string of the molecule is COc1ccccc1-n1nc(CCC(=O)Cl)c(=O)cc1C. The summed E-state index contributed by atoms with van der Waals surface area (Å²) in [6.07, 6.45) is 0.301. The van der Waals surface area contributed by atoms with Crippen molar-refractivity contribution in [3.05, 3.63) is 51.9 Å². The lowest BCUT2D eigenvalue weighted by molar-refractivity contribution is -0.111. The van der Waals surface area contributed by atoms with E-state index in [1.54, 1.807) is 18.7 Å². The van der Waals surface area contributed by atoms with Gasteiger partial charge < -0.3 is 4.74 Å². The molecule has 0 N–H and O–H groups in total. The van der Waals surface area contributed by atoms with E-state index in [0.29, 0.717) is 17.1 Å². The molecule has 1 aromatic carbocycles. The third-order valence-corrected chi connectivity index (χ3v) is 3.24. The minimum Gasteiger partial charge on any atom is -0.494 e. The van der Waals surface area contributed by atoms with Crippen LogP contribution in [0.5, 0.6) is 5.75 Å². The fraction of sp³-hybridized carbons (Fsp3) is 0.267. The maximum atomic E-state index is 11.9.